The SMILES string of the molecule is c1ccc(-c2ccccc2-n2c3ccc(-c4ccc5c(c4)c4ccccc4n5-c4ccc5oc6ccccc6c5c4)cc3c3c(-c4ccccc4)cccc32)cc1. The number of fused-ring (bicyclic) bond motifs is 9. The molecule has 266 valence electrons. The maximum Gasteiger partial charge on any atom is 0.135 e. The van der Waals surface area contributed by atoms with E-state index in [0.29, 0.717) is 0 Å². The predicted molar refractivity (Wildman–Crippen MR) is 239 cm³/mol. The van der Waals surface area contributed by atoms with E-state index in [4.69, 9.17) is 4.42 Å². The van der Waals surface area contributed by atoms with Gasteiger partial charge in [-0.1, -0.05) is 140 Å². The number of rotatable bonds is 5. The smallest absolute Gasteiger partial charge is 0.135 e. The monoisotopic (exact) mass is 726 g/mol. The van der Waals surface area contributed by atoms with Crippen LogP contribution in [0.2, 0.25) is 0 Å². The Bertz CT molecular complexity index is 3510. The second kappa shape index (κ2) is 12.5. The first-order valence-corrected chi connectivity index (χ1v) is 19.5. The summed E-state index contributed by atoms with van der Waals surface area (Å²) in [5, 5.41) is 7.20. The molecular formula is C54H34N2O. The molecule has 3 heterocycles. The molecule has 3 heteroatoms. The quantitative estimate of drug-likeness (QED) is 0.173. The average Bonchev–Trinajstić information content (AvgIpc) is 3.94. The first-order chi connectivity index (χ1) is 28.3. The molecule has 0 aliphatic rings. The maximum atomic E-state index is 6.20. The van der Waals surface area contributed by atoms with Gasteiger partial charge in [0.05, 0.1) is 27.8 Å². The van der Waals surface area contributed by atoms with Gasteiger partial charge < -0.3 is 13.6 Å². The van der Waals surface area contributed by atoms with E-state index in [0.717, 1.165) is 33.3 Å². The third-order valence-electron chi connectivity index (χ3n) is 11.7. The van der Waals surface area contributed by atoms with Crippen LogP contribution in [0.25, 0.3) is 110 Å². The second-order valence-electron chi connectivity index (χ2n) is 14.9. The molecule has 0 unspecified atom stereocenters. The van der Waals surface area contributed by atoms with Gasteiger partial charge in [-0.3, -0.25) is 0 Å². The third kappa shape index (κ3) is 4.86. The molecule has 3 nitrogen and oxygen atoms in total. The van der Waals surface area contributed by atoms with E-state index in [9.17, 15) is 0 Å². The number of hydrogen-bond acceptors (Lipinski definition) is 1. The molecular weight excluding hydrogens is 693 g/mol. The lowest BCUT2D eigenvalue weighted by Gasteiger charge is -2.14. The Kier molecular flexibility index (Phi) is 6.93. The van der Waals surface area contributed by atoms with Crippen molar-refractivity contribution in [3.8, 4) is 44.8 Å². The van der Waals surface area contributed by atoms with Crippen molar-refractivity contribution >= 4 is 65.6 Å². The maximum absolute atomic E-state index is 6.20. The van der Waals surface area contributed by atoms with Crippen LogP contribution in [-0.2, 0) is 0 Å². The van der Waals surface area contributed by atoms with Gasteiger partial charge in [0.15, 0.2) is 0 Å². The molecule has 57 heavy (non-hydrogen) atoms. The van der Waals surface area contributed by atoms with Crippen molar-refractivity contribution in [3.05, 3.63) is 206 Å². The van der Waals surface area contributed by atoms with E-state index in [2.05, 4.69) is 203 Å². The van der Waals surface area contributed by atoms with E-state index in [1.54, 1.807) is 0 Å². The van der Waals surface area contributed by atoms with Crippen LogP contribution in [0.1, 0.15) is 0 Å². The van der Waals surface area contributed by atoms with Gasteiger partial charge in [-0.25, -0.2) is 0 Å². The van der Waals surface area contributed by atoms with Crippen LogP contribution < -0.4 is 0 Å². The molecule has 0 atom stereocenters. The van der Waals surface area contributed by atoms with Crippen LogP contribution in [0.15, 0.2) is 211 Å². The van der Waals surface area contributed by atoms with Crippen molar-refractivity contribution in [1.82, 2.24) is 9.13 Å². The van der Waals surface area contributed by atoms with E-state index in [1.807, 2.05) is 12.1 Å². The van der Waals surface area contributed by atoms with Crippen molar-refractivity contribution in [3.63, 3.8) is 0 Å². The Morgan fingerprint density at radius 1 is 0.298 bits per heavy atom. The zero-order chi connectivity index (χ0) is 37.5. The van der Waals surface area contributed by atoms with Crippen LogP contribution in [0.4, 0.5) is 0 Å². The number of nitrogens with zero attached hydrogens (tertiary/aromatic N) is 2. The molecule has 0 aliphatic carbocycles. The van der Waals surface area contributed by atoms with Gasteiger partial charge in [0.2, 0.25) is 0 Å². The zero-order valence-electron chi connectivity index (χ0n) is 30.9. The topological polar surface area (TPSA) is 23.0 Å². The first-order valence-electron chi connectivity index (χ1n) is 19.5. The van der Waals surface area contributed by atoms with Crippen molar-refractivity contribution in [2.75, 3.05) is 0 Å². The minimum absolute atomic E-state index is 0.902. The molecule has 0 bridgehead atoms. The summed E-state index contributed by atoms with van der Waals surface area (Å²) < 4.78 is 11.0. The minimum atomic E-state index is 0.902. The van der Waals surface area contributed by atoms with E-state index < -0.39 is 0 Å². The van der Waals surface area contributed by atoms with Crippen LogP contribution in [0, 0.1) is 0 Å². The molecule has 0 spiro atoms. The molecule has 3 aromatic heterocycles. The summed E-state index contributed by atoms with van der Waals surface area (Å²) in [6.07, 6.45) is 0. The fourth-order valence-electron chi connectivity index (χ4n) is 9.18. The van der Waals surface area contributed by atoms with E-state index >= 15 is 0 Å². The summed E-state index contributed by atoms with van der Waals surface area (Å²) in [5.41, 5.74) is 16.0. The average molecular weight is 727 g/mol. The van der Waals surface area contributed by atoms with Crippen LogP contribution in [0.3, 0.4) is 0 Å². The van der Waals surface area contributed by atoms with Gasteiger partial charge in [-0.05, 0) is 94.5 Å². The normalized spacial score (nSPS) is 11.9. The van der Waals surface area contributed by atoms with E-state index in [-0.39, 0.29) is 0 Å². The summed E-state index contributed by atoms with van der Waals surface area (Å²) in [6.45, 7) is 0. The summed E-state index contributed by atoms with van der Waals surface area (Å²) in [4.78, 5) is 0. The lowest BCUT2D eigenvalue weighted by Crippen LogP contribution is -1.97. The third-order valence-corrected chi connectivity index (χ3v) is 11.7. The molecule has 0 saturated carbocycles. The van der Waals surface area contributed by atoms with Gasteiger partial charge in [-0.2, -0.15) is 0 Å². The Labute approximate surface area is 328 Å². The fraction of sp³-hybridized carbons (Fsp3) is 0. The van der Waals surface area contributed by atoms with Crippen LogP contribution in [0.5, 0.6) is 0 Å². The van der Waals surface area contributed by atoms with Crippen molar-refractivity contribution < 1.29 is 4.42 Å². The van der Waals surface area contributed by atoms with E-state index in [1.165, 1.54) is 77.0 Å². The molecule has 0 amide bonds. The van der Waals surface area contributed by atoms with Gasteiger partial charge in [0.1, 0.15) is 11.2 Å². The second-order valence-corrected chi connectivity index (χ2v) is 14.9. The predicted octanol–water partition coefficient (Wildman–Crippen LogP) is 14.8. The number of benzene rings is 9. The summed E-state index contributed by atoms with van der Waals surface area (Å²) in [6, 6.07) is 74.6. The standard InChI is InChI=1S/C54H34N2O/c1-3-14-35(15-4-1)40-18-7-10-22-47(40)56-50-30-27-38(33-46(50)54-41(21-13-24-51(54)56)36-16-5-2-6-17-36)37-26-29-49-44(32-37)42-19-8-11-23-48(42)55(49)39-28-31-53-45(34-39)43-20-9-12-25-52(43)57-53/h1-34H. The van der Waals surface area contributed by atoms with Crippen LogP contribution in [-0.4, -0.2) is 9.13 Å². The number of para-hydroxylation sites is 3. The van der Waals surface area contributed by atoms with Crippen molar-refractivity contribution in [2.45, 2.75) is 0 Å². The minimum Gasteiger partial charge on any atom is -0.456 e. The van der Waals surface area contributed by atoms with Gasteiger partial charge >= 0.3 is 0 Å². The Morgan fingerprint density at radius 2 is 0.877 bits per heavy atom. The molecule has 9 aromatic carbocycles. The summed E-state index contributed by atoms with van der Waals surface area (Å²) >= 11 is 0. The fourth-order valence-corrected chi connectivity index (χ4v) is 9.18. The summed E-state index contributed by atoms with van der Waals surface area (Å²) in [7, 11) is 0. The Balaban J connectivity index is 1.08. The molecule has 0 radical (unpaired) electrons. The highest BCUT2D eigenvalue weighted by atomic mass is 16.3. The molecule has 0 saturated heterocycles. The molecule has 12 aromatic rings. The van der Waals surface area contributed by atoms with Gasteiger partial charge in [0.25, 0.3) is 0 Å². The van der Waals surface area contributed by atoms with Gasteiger partial charge in [-0.15, -0.1) is 0 Å². The molecule has 0 fully saturated rings. The Morgan fingerprint density at radius 3 is 1.68 bits per heavy atom. The lowest BCUT2D eigenvalue weighted by molar-refractivity contribution is 0.669. The van der Waals surface area contributed by atoms with Crippen molar-refractivity contribution in [1.29, 1.82) is 0 Å². The lowest BCUT2D eigenvalue weighted by atomic mass is 9.97. The Hall–Kier alpha value is -7.62. The number of aromatic nitrogens is 2. The molecule has 12 rings (SSSR count). The first kappa shape index (κ1) is 31.7. The largest absolute Gasteiger partial charge is 0.456 e. The highest BCUT2D eigenvalue weighted by Gasteiger charge is 2.20. The van der Waals surface area contributed by atoms with Crippen LogP contribution >= 0.6 is 0 Å². The molecule has 0 aliphatic heterocycles. The summed E-state index contributed by atoms with van der Waals surface area (Å²) in [5.74, 6) is 0. The van der Waals surface area contributed by atoms with Gasteiger partial charge in [0, 0.05) is 43.6 Å². The highest BCUT2D eigenvalue weighted by Crippen LogP contribution is 2.43. The highest BCUT2D eigenvalue weighted by molar-refractivity contribution is 6.17. The zero-order valence-corrected chi connectivity index (χ0v) is 30.9. The number of furan rings is 1. The molecule has 0 N–H and O–H groups in total. The van der Waals surface area contributed by atoms with Crippen molar-refractivity contribution in [2.24, 2.45) is 0 Å². The number of hydrogen-bond donors (Lipinski definition) is 0.